The van der Waals surface area contributed by atoms with Crippen molar-refractivity contribution in [3.8, 4) is 0 Å². The average molecular weight is 685 g/mol. The van der Waals surface area contributed by atoms with E-state index in [1.165, 1.54) is 0 Å². The molecule has 3 aromatic carbocycles. The molecule has 0 saturated heterocycles. The summed E-state index contributed by atoms with van der Waals surface area (Å²) in [7, 11) is -2.33. The van der Waals surface area contributed by atoms with Crippen molar-refractivity contribution in [2.45, 2.75) is 78.2 Å². The quantitative estimate of drug-likeness (QED) is 0.106. The second-order valence-corrected chi connectivity index (χ2v) is 15.8. The van der Waals surface area contributed by atoms with E-state index in [0.717, 1.165) is 16.7 Å². The van der Waals surface area contributed by atoms with E-state index in [2.05, 4.69) is 83.1 Å². The molecule has 0 unspecified atom stereocenters. The van der Waals surface area contributed by atoms with E-state index in [1.54, 1.807) is 0 Å². The number of rotatable bonds is 1. The Labute approximate surface area is 248 Å². The van der Waals surface area contributed by atoms with Crippen LogP contribution >= 0.6 is 7.29 Å². The monoisotopic (exact) mass is 686 g/mol. The molecule has 3 rings (SSSR count). The molecule has 0 fully saturated rings. The van der Waals surface area contributed by atoms with Crippen molar-refractivity contribution in [3.63, 3.8) is 0 Å². The summed E-state index contributed by atoms with van der Waals surface area (Å²) < 4.78 is 11.0. The zero-order valence-electron chi connectivity index (χ0n) is 24.6. The van der Waals surface area contributed by atoms with Gasteiger partial charge in [-0.05, 0) is 0 Å². The minimum atomic E-state index is -2.33. The Morgan fingerprint density at radius 3 is 0.811 bits per heavy atom. The summed E-state index contributed by atoms with van der Waals surface area (Å²) in [6, 6.07) is 29.6. The zero-order chi connectivity index (χ0) is 28.0. The van der Waals surface area contributed by atoms with Crippen molar-refractivity contribution in [3.05, 3.63) is 134 Å². The number of hydrogen-bond donors (Lipinski definition) is 0. The Morgan fingerprint density at radius 1 is 0.514 bits per heavy atom. The molecule has 0 bridgehead atoms. The first-order chi connectivity index (χ1) is 16.4. The van der Waals surface area contributed by atoms with Crippen LogP contribution in [0.2, 0.25) is 0 Å². The van der Waals surface area contributed by atoms with E-state index >= 15 is 0 Å². The van der Waals surface area contributed by atoms with Crippen molar-refractivity contribution < 1.29 is 30.4 Å². The molecule has 1 N–H and O–H groups in total. The van der Waals surface area contributed by atoms with E-state index in [9.17, 15) is 4.57 Å². The smallest absolute Gasteiger partial charge is 0.162 e. The molecular weight excluding hydrogens is 636 g/mol. The normalized spacial score (nSPS) is 11.2. The van der Waals surface area contributed by atoms with Gasteiger partial charge in [-0.1, -0.05) is 80.5 Å². The molecule has 0 radical (unpaired) electrons. The Morgan fingerprint density at radius 2 is 0.730 bits per heavy atom. The second kappa shape index (κ2) is 17.0. The molecule has 0 atom stereocenters. The van der Waals surface area contributed by atoms with Crippen molar-refractivity contribution >= 4 is 7.29 Å². The molecule has 3 aromatic rings. The van der Waals surface area contributed by atoms with Gasteiger partial charge >= 0.3 is 0 Å². The third kappa shape index (κ3) is 16.7. The van der Waals surface area contributed by atoms with Crippen LogP contribution in [0.5, 0.6) is 0 Å². The minimum Gasteiger partial charge on any atom is -0.551 e. The van der Waals surface area contributed by atoms with Gasteiger partial charge in [0.25, 0.3) is 0 Å². The standard InChI is InChI=1S/C12H27NOP.3C7H7.Hf/c1-10(2,3)13-15(14,11(4,5)6)12(7,8)9;3*1-7-5-3-2-4-6-7;/h1-9H3;3*2-6H,1H2;/q4*-1;/p+1. The summed E-state index contributed by atoms with van der Waals surface area (Å²) in [6.07, 6.45) is 0. The van der Waals surface area contributed by atoms with Crippen molar-refractivity contribution in [2.75, 3.05) is 0 Å². The van der Waals surface area contributed by atoms with E-state index in [-0.39, 0.29) is 41.7 Å². The molecule has 0 aliphatic carbocycles. The molecular formula is C33H49HfNOP-3. The first kappa shape index (κ1) is 37.5. The average Bonchev–Trinajstić information content (AvgIpc) is 2.74. The summed E-state index contributed by atoms with van der Waals surface area (Å²) in [6.45, 7) is 29.8. The van der Waals surface area contributed by atoms with Gasteiger partial charge in [0, 0.05) is 36.2 Å². The Hall–Kier alpha value is -1.67. The van der Waals surface area contributed by atoms with Gasteiger partial charge in [-0.25, -0.2) is 0 Å². The number of hydrogen-bond acceptors (Lipinski definition) is 0. The summed E-state index contributed by atoms with van der Waals surface area (Å²) in [4.78, 5) is 0. The minimum absolute atomic E-state index is 0. The number of benzene rings is 3. The van der Waals surface area contributed by atoms with Crippen LogP contribution in [0.4, 0.5) is 0 Å². The van der Waals surface area contributed by atoms with Crippen LogP contribution in [-0.4, -0.2) is 20.4 Å². The summed E-state index contributed by atoms with van der Waals surface area (Å²) in [5.74, 6) is 0. The van der Waals surface area contributed by atoms with E-state index in [4.69, 9.17) is 5.09 Å². The first-order valence-electron chi connectivity index (χ1n) is 12.4. The Kier molecular flexibility index (Phi) is 17.2. The van der Waals surface area contributed by atoms with Gasteiger partial charge in [-0.2, -0.15) is 73.9 Å². The second-order valence-electron chi connectivity index (χ2n) is 11.7. The van der Waals surface area contributed by atoms with Crippen LogP contribution < -0.4 is 0 Å². The van der Waals surface area contributed by atoms with E-state index in [0.29, 0.717) is 0 Å². The molecule has 0 spiro atoms. The molecule has 2 nitrogen and oxygen atoms in total. The molecule has 0 aliphatic heterocycles. The molecule has 37 heavy (non-hydrogen) atoms. The topological polar surface area (TPSA) is 35.5 Å². The molecule has 0 heterocycles. The first-order valence-corrected chi connectivity index (χ1v) is 14.1. The van der Waals surface area contributed by atoms with Crippen LogP contribution in [0.1, 0.15) is 79.0 Å². The van der Waals surface area contributed by atoms with Crippen LogP contribution in [0.3, 0.4) is 0 Å². The maximum Gasteiger partial charge on any atom is 0.162 e. The largest absolute Gasteiger partial charge is 0.551 e. The van der Waals surface area contributed by atoms with Gasteiger partial charge in [0.15, 0.2) is 7.29 Å². The molecule has 0 aromatic heterocycles. The maximum absolute atomic E-state index is 11.0. The van der Waals surface area contributed by atoms with E-state index < -0.39 is 7.29 Å². The van der Waals surface area contributed by atoms with Gasteiger partial charge in [0.2, 0.25) is 0 Å². The van der Waals surface area contributed by atoms with Gasteiger partial charge in [0.05, 0.1) is 0 Å². The summed E-state index contributed by atoms with van der Waals surface area (Å²) in [5, 5.41) is 4.44. The predicted molar refractivity (Wildman–Crippen MR) is 164 cm³/mol. The Bertz CT molecular complexity index is 892. The third-order valence-electron chi connectivity index (χ3n) is 4.84. The zero-order valence-corrected chi connectivity index (χ0v) is 29.1. The van der Waals surface area contributed by atoms with Crippen LogP contribution in [0.15, 0.2) is 91.0 Å². The SMILES string of the molecule is CC(C)(C)[N-]P(=[OH+])(C(C)(C)C)C(C)(C)C.[CH2-]c1ccccc1.[CH2-]c1ccccc1.[CH2-]c1ccccc1.[Hf]. The van der Waals surface area contributed by atoms with E-state index in [1.807, 2.05) is 91.0 Å². The van der Waals surface area contributed by atoms with Gasteiger partial charge in [-0.15, -0.1) is 41.9 Å². The fraction of sp³-hybridized carbons (Fsp3) is 0.364. The molecule has 4 heteroatoms. The Balaban J connectivity index is 0. The maximum atomic E-state index is 11.0. The molecule has 0 aliphatic rings. The van der Waals surface area contributed by atoms with Crippen LogP contribution in [-0.2, 0) is 25.8 Å². The van der Waals surface area contributed by atoms with Crippen LogP contribution in [0.25, 0.3) is 5.09 Å². The van der Waals surface area contributed by atoms with Crippen molar-refractivity contribution in [2.24, 2.45) is 0 Å². The molecule has 0 amide bonds. The third-order valence-corrected chi connectivity index (χ3v) is 9.48. The summed E-state index contributed by atoms with van der Waals surface area (Å²) >= 11 is 0. The van der Waals surface area contributed by atoms with Crippen molar-refractivity contribution in [1.82, 2.24) is 0 Å². The molecule has 204 valence electrons. The van der Waals surface area contributed by atoms with Crippen LogP contribution in [0, 0.1) is 20.8 Å². The summed E-state index contributed by atoms with van der Waals surface area (Å²) in [5.41, 5.74) is 3.04. The molecule has 0 saturated carbocycles. The number of nitrogens with zero attached hydrogens (tertiary/aromatic N) is 1. The van der Waals surface area contributed by atoms with Gasteiger partial charge in [0.1, 0.15) is 0 Å². The fourth-order valence-electron chi connectivity index (χ4n) is 3.17. The van der Waals surface area contributed by atoms with Gasteiger partial charge < -0.3 is 9.65 Å². The fourth-order valence-corrected chi connectivity index (χ4v) is 6.66. The predicted octanol–water partition coefficient (Wildman–Crippen LogP) is 10.6. The van der Waals surface area contributed by atoms with Crippen molar-refractivity contribution in [1.29, 1.82) is 0 Å². The van der Waals surface area contributed by atoms with Gasteiger partial charge in [-0.3, -0.25) is 0 Å².